The van der Waals surface area contributed by atoms with Gasteiger partial charge in [-0.3, -0.25) is 16.3 Å². The van der Waals surface area contributed by atoms with Crippen LogP contribution in [0.15, 0.2) is 6.20 Å². The minimum Gasteiger partial charge on any atom is -0.496 e. The highest BCUT2D eigenvalue weighted by Crippen LogP contribution is 2.39. The highest BCUT2D eigenvalue weighted by atomic mass is 16.5. The Hall–Kier alpha value is -1.13. The maximum absolute atomic E-state index is 5.73. The number of rotatable bonds is 6. The van der Waals surface area contributed by atoms with Gasteiger partial charge in [0, 0.05) is 35.5 Å². The van der Waals surface area contributed by atoms with Crippen LogP contribution in [0.25, 0.3) is 0 Å². The van der Waals surface area contributed by atoms with Crippen LogP contribution in [0.5, 0.6) is 5.75 Å². The van der Waals surface area contributed by atoms with Crippen LogP contribution in [0.3, 0.4) is 0 Å². The first-order valence-corrected chi connectivity index (χ1v) is 7.03. The molecule has 0 bridgehead atoms. The van der Waals surface area contributed by atoms with Crippen molar-refractivity contribution >= 4 is 0 Å². The van der Waals surface area contributed by atoms with Crippen LogP contribution in [0, 0.1) is 25.7 Å². The van der Waals surface area contributed by atoms with Crippen molar-refractivity contribution in [1.29, 1.82) is 0 Å². The molecule has 0 saturated heterocycles. The van der Waals surface area contributed by atoms with Gasteiger partial charge >= 0.3 is 0 Å². The van der Waals surface area contributed by atoms with Crippen LogP contribution in [0.2, 0.25) is 0 Å². The summed E-state index contributed by atoms with van der Waals surface area (Å²) < 4.78 is 5.46. The van der Waals surface area contributed by atoms with Crippen molar-refractivity contribution in [3.63, 3.8) is 0 Å². The van der Waals surface area contributed by atoms with E-state index in [1.807, 2.05) is 13.1 Å². The second kappa shape index (κ2) is 5.88. The molecule has 0 spiro atoms. The van der Waals surface area contributed by atoms with Gasteiger partial charge in [-0.05, 0) is 38.5 Å². The molecule has 2 atom stereocenters. The molecule has 0 aliphatic heterocycles. The number of ether oxygens (including phenoxy) is 1. The second-order valence-electron chi connectivity index (χ2n) is 5.72. The van der Waals surface area contributed by atoms with Gasteiger partial charge in [0.2, 0.25) is 0 Å². The Morgan fingerprint density at radius 3 is 2.68 bits per heavy atom. The van der Waals surface area contributed by atoms with E-state index in [2.05, 4.69) is 24.3 Å². The number of nitrogens with zero attached hydrogens (tertiary/aromatic N) is 1. The van der Waals surface area contributed by atoms with Crippen molar-refractivity contribution in [2.75, 3.05) is 7.11 Å². The quantitative estimate of drug-likeness (QED) is 0.610. The van der Waals surface area contributed by atoms with Gasteiger partial charge in [0.1, 0.15) is 5.75 Å². The number of nitrogens with two attached hydrogens (primary N) is 1. The molecule has 2 rings (SSSR count). The van der Waals surface area contributed by atoms with E-state index in [0.29, 0.717) is 5.92 Å². The van der Waals surface area contributed by atoms with E-state index in [9.17, 15) is 0 Å². The summed E-state index contributed by atoms with van der Waals surface area (Å²) in [6.07, 6.45) is 5.42. The fourth-order valence-electron chi connectivity index (χ4n) is 2.83. The summed E-state index contributed by atoms with van der Waals surface area (Å²) in [5.74, 6) is 8.10. The van der Waals surface area contributed by atoms with Crippen LogP contribution in [-0.4, -0.2) is 18.1 Å². The van der Waals surface area contributed by atoms with Gasteiger partial charge in [-0.15, -0.1) is 0 Å². The number of hydrazine groups is 1. The van der Waals surface area contributed by atoms with Crippen molar-refractivity contribution in [3.8, 4) is 5.75 Å². The molecule has 3 N–H and O–H groups in total. The van der Waals surface area contributed by atoms with E-state index in [1.165, 1.54) is 12.8 Å². The molecule has 0 aromatic carbocycles. The van der Waals surface area contributed by atoms with Gasteiger partial charge in [-0.1, -0.05) is 6.92 Å². The molecule has 19 heavy (non-hydrogen) atoms. The predicted octanol–water partition coefficient (Wildman–Crippen LogP) is 2.13. The zero-order valence-electron chi connectivity index (χ0n) is 12.4. The predicted molar refractivity (Wildman–Crippen MR) is 77.0 cm³/mol. The molecule has 1 aromatic rings. The molecule has 4 heteroatoms. The summed E-state index contributed by atoms with van der Waals surface area (Å²) in [4.78, 5) is 4.56. The van der Waals surface area contributed by atoms with Crippen LogP contribution in [0.4, 0.5) is 0 Å². The second-order valence-corrected chi connectivity index (χ2v) is 5.72. The normalized spacial score (nSPS) is 18.2. The molecule has 1 aliphatic carbocycles. The number of nitrogens with one attached hydrogen (secondary N) is 1. The first kappa shape index (κ1) is 14.3. The molecule has 1 saturated carbocycles. The third-order valence-electron chi connectivity index (χ3n) is 4.38. The summed E-state index contributed by atoms with van der Waals surface area (Å²) in [5.41, 5.74) is 6.26. The van der Waals surface area contributed by atoms with Gasteiger partial charge in [0.05, 0.1) is 7.11 Å². The van der Waals surface area contributed by atoms with Crippen molar-refractivity contribution in [2.24, 2.45) is 17.7 Å². The third-order valence-corrected chi connectivity index (χ3v) is 4.38. The highest BCUT2D eigenvalue weighted by molar-refractivity contribution is 5.41. The molecular formula is C15H25N3O. The molecule has 1 aromatic heterocycles. The summed E-state index contributed by atoms with van der Waals surface area (Å²) in [6, 6.07) is 0.283. The fourth-order valence-corrected chi connectivity index (χ4v) is 2.83. The summed E-state index contributed by atoms with van der Waals surface area (Å²) in [7, 11) is 1.71. The first-order valence-electron chi connectivity index (χ1n) is 7.03. The SMILES string of the molecule is COc1c(C)cnc(CC(NN)C(C)C2CC2)c1C. The van der Waals surface area contributed by atoms with Gasteiger partial charge in [0.15, 0.2) is 0 Å². The third kappa shape index (κ3) is 3.07. The molecule has 1 aliphatic rings. The lowest BCUT2D eigenvalue weighted by molar-refractivity contribution is 0.340. The molecule has 2 unspecified atom stereocenters. The van der Waals surface area contributed by atoms with E-state index < -0.39 is 0 Å². The number of aryl methyl sites for hydroxylation is 1. The van der Waals surface area contributed by atoms with Crippen molar-refractivity contribution < 1.29 is 4.74 Å². The Bertz CT molecular complexity index is 443. The van der Waals surface area contributed by atoms with E-state index >= 15 is 0 Å². The van der Waals surface area contributed by atoms with Crippen molar-refractivity contribution in [1.82, 2.24) is 10.4 Å². The molecule has 0 radical (unpaired) electrons. The number of hydrogen-bond acceptors (Lipinski definition) is 4. The molecule has 106 valence electrons. The smallest absolute Gasteiger partial charge is 0.128 e. The monoisotopic (exact) mass is 263 g/mol. The Morgan fingerprint density at radius 1 is 1.47 bits per heavy atom. The summed E-state index contributed by atoms with van der Waals surface area (Å²) in [5, 5.41) is 0. The lowest BCUT2D eigenvalue weighted by atomic mass is 9.92. The maximum Gasteiger partial charge on any atom is 0.128 e. The minimum atomic E-state index is 0.283. The van der Waals surface area contributed by atoms with E-state index in [0.717, 1.165) is 34.9 Å². The zero-order valence-corrected chi connectivity index (χ0v) is 12.4. The Kier molecular flexibility index (Phi) is 4.42. The van der Waals surface area contributed by atoms with Crippen LogP contribution < -0.4 is 16.0 Å². The van der Waals surface area contributed by atoms with Crippen LogP contribution in [-0.2, 0) is 6.42 Å². The standard InChI is InChI=1S/C15H25N3O/c1-9-8-17-13(11(3)15(9)19-4)7-14(18-16)10(2)12-5-6-12/h8,10,12,14,18H,5-7,16H2,1-4H3. The van der Waals surface area contributed by atoms with Crippen LogP contribution in [0.1, 0.15) is 36.6 Å². The molecule has 4 nitrogen and oxygen atoms in total. The van der Waals surface area contributed by atoms with Crippen molar-refractivity contribution in [3.05, 3.63) is 23.0 Å². The molecule has 1 fully saturated rings. The first-order chi connectivity index (χ1) is 9.08. The maximum atomic E-state index is 5.73. The van der Waals surface area contributed by atoms with Crippen molar-refractivity contribution in [2.45, 2.75) is 46.1 Å². The Morgan fingerprint density at radius 2 is 2.16 bits per heavy atom. The molecule has 1 heterocycles. The zero-order chi connectivity index (χ0) is 14.0. The lowest BCUT2D eigenvalue weighted by Crippen LogP contribution is -2.42. The van der Waals surface area contributed by atoms with Gasteiger partial charge in [-0.2, -0.15) is 0 Å². The number of methoxy groups -OCH3 is 1. The largest absolute Gasteiger partial charge is 0.496 e. The fraction of sp³-hybridized carbons (Fsp3) is 0.667. The number of pyridine rings is 1. The average molecular weight is 263 g/mol. The summed E-state index contributed by atoms with van der Waals surface area (Å²) >= 11 is 0. The Labute approximate surface area is 115 Å². The van der Waals surface area contributed by atoms with E-state index in [-0.39, 0.29) is 6.04 Å². The average Bonchev–Trinajstić information content (AvgIpc) is 3.22. The van der Waals surface area contributed by atoms with Gasteiger partial charge in [0.25, 0.3) is 0 Å². The minimum absolute atomic E-state index is 0.283. The number of aromatic nitrogens is 1. The van der Waals surface area contributed by atoms with Gasteiger partial charge in [-0.25, -0.2) is 0 Å². The van der Waals surface area contributed by atoms with Crippen LogP contribution >= 0.6 is 0 Å². The lowest BCUT2D eigenvalue weighted by Gasteiger charge is -2.24. The number of hydrogen-bond donors (Lipinski definition) is 2. The van der Waals surface area contributed by atoms with E-state index in [4.69, 9.17) is 10.6 Å². The van der Waals surface area contributed by atoms with E-state index in [1.54, 1.807) is 7.11 Å². The summed E-state index contributed by atoms with van der Waals surface area (Å²) in [6.45, 7) is 6.38. The topological polar surface area (TPSA) is 60.2 Å². The molecular weight excluding hydrogens is 238 g/mol. The molecule has 0 amide bonds. The Balaban J connectivity index is 2.17. The highest BCUT2D eigenvalue weighted by Gasteiger charge is 2.33. The van der Waals surface area contributed by atoms with Gasteiger partial charge < -0.3 is 4.74 Å².